The van der Waals surface area contributed by atoms with Crippen LogP contribution in [-0.4, -0.2) is 11.1 Å². The lowest BCUT2D eigenvalue weighted by Crippen LogP contribution is -2.35. The van der Waals surface area contributed by atoms with Gasteiger partial charge in [-0.3, -0.25) is 0 Å². The zero-order valence-electron chi connectivity index (χ0n) is 6.39. The van der Waals surface area contributed by atoms with Crippen LogP contribution in [0.4, 0.5) is 0 Å². The average Bonchev–Trinajstić information content (AvgIpc) is 1.82. The monoisotopic (exact) mass is 139 g/mol. The summed E-state index contributed by atoms with van der Waals surface area (Å²) in [6.07, 6.45) is 1.67. The highest BCUT2D eigenvalue weighted by molar-refractivity contribution is 5.22. The normalized spacial score (nSPS) is 33.0. The number of nitrogens with one attached hydrogen (secondary N) is 1. The van der Waals surface area contributed by atoms with Crippen molar-refractivity contribution in [2.24, 2.45) is 5.92 Å². The molecule has 0 aromatic carbocycles. The Labute approximate surface area is 61.3 Å². The molecular formula is C8H13NO. The third-order valence-corrected chi connectivity index (χ3v) is 1.95. The highest BCUT2D eigenvalue weighted by Gasteiger charge is 2.20. The zero-order chi connectivity index (χ0) is 7.72. The topological polar surface area (TPSA) is 32.3 Å². The Morgan fingerprint density at radius 2 is 2.20 bits per heavy atom. The SMILES string of the molecule is C=C1C=C(O)C(C)C(C)N1. The Hall–Kier alpha value is -0.920. The zero-order valence-corrected chi connectivity index (χ0v) is 6.39. The van der Waals surface area contributed by atoms with Crippen LogP contribution in [0.2, 0.25) is 0 Å². The standard InChI is InChI=1S/C8H13NO/c1-5-4-8(10)6(2)7(3)9-5/h4,6-7,9-10H,1H2,2-3H3. The second-order valence-electron chi connectivity index (χ2n) is 2.82. The largest absolute Gasteiger partial charge is 0.512 e. The van der Waals surface area contributed by atoms with Crippen LogP contribution >= 0.6 is 0 Å². The molecule has 0 saturated carbocycles. The van der Waals surface area contributed by atoms with Crippen LogP contribution in [0.3, 0.4) is 0 Å². The molecule has 1 aliphatic rings. The van der Waals surface area contributed by atoms with Crippen molar-refractivity contribution in [2.45, 2.75) is 19.9 Å². The first-order chi connectivity index (χ1) is 4.61. The summed E-state index contributed by atoms with van der Waals surface area (Å²) in [6.45, 7) is 7.71. The maximum absolute atomic E-state index is 9.28. The van der Waals surface area contributed by atoms with Gasteiger partial charge in [0.2, 0.25) is 0 Å². The molecule has 0 saturated heterocycles. The first kappa shape index (κ1) is 7.19. The van der Waals surface area contributed by atoms with Crippen LogP contribution in [0.1, 0.15) is 13.8 Å². The molecule has 0 aromatic rings. The van der Waals surface area contributed by atoms with Gasteiger partial charge < -0.3 is 10.4 Å². The molecule has 1 aliphatic heterocycles. The summed E-state index contributed by atoms with van der Waals surface area (Å²) < 4.78 is 0. The van der Waals surface area contributed by atoms with E-state index in [1.807, 2.05) is 13.8 Å². The fourth-order valence-electron chi connectivity index (χ4n) is 1.03. The van der Waals surface area contributed by atoms with Crippen molar-refractivity contribution in [3.63, 3.8) is 0 Å². The lowest BCUT2D eigenvalue weighted by atomic mass is 9.97. The highest BCUT2D eigenvalue weighted by Crippen LogP contribution is 2.18. The van der Waals surface area contributed by atoms with E-state index in [-0.39, 0.29) is 12.0 Å². The van der Waals surface area contributed by atoms with E-state index < -0.39 is 0 Å². The number of hydrogen-bond donors (Lipinski definition) is 2. The minimum absolute atomic E-state index is 0.200. The predicted octanol–water partition coefficient (Wildman–Crippen LogP) is 1.57. The molecule has 1 rings (SSSR count). The molecule has 56 valence electrons. The summed E-state index contributed by atoms with van der Waals surface area (Å²) in [5, 5.41) is 12.4. The molecule has 0 radical (unpaired) electrons. The summed E-state index contributed by atoms with van der Waals surface area (Å²) in [5.74, 6) is 0.627. The predicted molar refractivity (Wildman–Crippen MR) is 41.6 cm³/mol. The van der Waals surface area contributed by atoms with Gasteiger partial charge in [0, 0.05) is 17.7 Å². The molecule has 1 heterocycles. The van der Waals surface area contributed by atoms with Crippen LogP contribution in [-0.2, 0) is 0 Å². The average molecular weight is 139 g/mol. The lowest BCUT2D eigenvalue weighted by molar-refractivity contribution is 0.294. The van der Waals surface area contributed by atoms with Crippen LogP contribution in [0.25, 0.3) is 0 Å². The molecule has 10 heavy (non-hydrogen) atoms. The molecule has 2 atom stereocenters. The lowest BCUT2D eigenvalue weighted by Gasteiger charge is -2.26. The number of hydrogen-bond acceptors (Lipinski definition) is 2. The molecule has 0 amide bonds. The Morgan fingerprint density at radius 1 is 1.60 bits per heavy atom. The summed E-state index contributed by atoms with van der Waals surface area (Å²) in [5.41, 5.74) is 0.795. The summed E-state index contributed by atoms with van der Waals surface area (Å²) in [4.78, 5) is 0. The van der Waals surface area contributed by atoms with E-state index in [0.717, 1.165) is 5.70 Å². The van der Waals surface area contributed by atoms with Gasteiger partial charge in [0.25, 0.3) is 0 Å². The van der Waals surface area contributed by atoms with Crippen molar-refractivity contribution < 1.29 is 5.11 Å². The van der Waals surface area contributed by atoms with E-state index in [9.17, 15) is 5.11 Å². The number of allylic oxidation sites excluding steroid dienone is 1. The number of aliphatic hydroxyl groups is 1. The van der Waals surface area contributed by atoms with Gasteiger partial charge >= 0.3 is 0 Å². The molecule has 2 heteroatoms. The Morgan fingerprint density at radius 3 is 2.70 bits per heavy atom. The highest BCUT2D eigenvalue weighted by atomic mass is 16.3. The van der Waals surface area contributed by atoms with Gasteiger partial charge in [-0.1, -0.05) is 13.5 Å². The summed E-state index contributed by atoms with van der Waals surface area (Å²) in [7, 11) is 0. The smallest absolute Gasteiger partial charge is 0.0991 e. The van der Waals surface area contributed by atoms with Gasteiger partial charge in [-0.2, -0.15) is 0 Å². The fraction of sp³-hybridized carbons (Fsp3) is 0.500. The molecule has 0 bridgehead atoms. The molecule has 2 nitrogen and oxygen atoms in total. The maximum Gasteiger partial charge on any atom is 0.0991 e. The third kappa shape index (κ3) is 1.15. The van der Waals surface area contributed by atoms with Gasteiger partial charge in [-0.25, -0.2) is 0 Å². The second-order valence-corrected chi connectivity index (χ2v) is 2.82. The van der Waals surface area contributed by atoms with E-state index in [0.29, 0.717) is 5.76 Å². The van der Waals surface area contributed by atoms with Gasteiger partial charge in [0.15, 0.2) is 0 Å². The van der Waals surface area contributed by atoms with Crippen LogP contribution in [0, 0.1) is 5.92 Å². The van der Waals surface area contributed by atoms with E-state index >= 15 is 0 Å². The van der Waals surface area contributed by atoms with E-state index in [1.165, 1.54) is 0 Å². The van der Waals surface area contributed by atoms with Crippen molar-refractivity contribution in [3.8, 4) is 0 Å². The van der Waals surface area contributed by atoms with Crippen LogP contribution in [0.5, 0.6) is 0 Å². The second kappa shape index (κ2) is 2.37. The summed E-state index contributed by atoms with van der Waals surface area (Å²) >= 11 is 0. The van der Waals surface area contributed by atoms with Crippen molar-refractivity contribution >= 4 is 0 Å². The molecule has 2 N–H and O–H groups in total. The first-order valence-electron chi connectivity index (χ1n) is 3.47. The Kier molecular flexibility index (Phi) is 1.70. The van der Waals surface area contributed by atoms with Gasteiger partial charge in [-0.15, -0.1) is 0 Å². The molecule has 0 spiro atoms. The minimum Gasteiger partial charge on any atom is -0.512 e. The third-order valence-electron chi connectivity index (χ3n) is 1.95. The van der Waals surface area contributed by atoms with E-state index in [4.69, 9.17) is 0 Å². The van der Waals surface area contributed by atoms with Gasteiger partial charge in [-0.05, 0) is 13.0 Å². The van der Waals surface area contributed by atoms with E-state index in [1.54, 1.807) is 6.08 Å². The van der Waals surface area contributed by atoms with Crippen molar-refractivity contribution in [1.82, 2.24) is 5.32 Å². The Balaban J connectivity index is 2.80. The molecular weight excluding hydrogens is 126 g/mol. The first-order valence-corrected chi connectivity index (χ1v) is 3.47. The molecule has 0 aromatic heterocycles. The Bertz CT molecular complexity index is 184. The van der Waals surface area contributed by atoms with E-state index in [2.05, 4.69) is 11.9 Å². The maximum atomic E-state index is 9.28. The number of aliphatic hydroxyl groups excluding tert-OH is 1. The van der Waals surface area contributed by atoms with Crippen molar-refractivity contribution in [1.29, 1.82) is 0 Å². The molecule has 0 aliphatic carbocycles. The van der Waals surface area contributed by atoms with Gasteiger partial charge in [0.05, 0.1) is 5.76 Å². The van der Waals surface area contributed by atoms with Crippen LogP contribution < -0.4 is 5.32 Å². The fourth-order valence-corrected chi connectivity index (χ4v) is 1.03. The van der Waals surface area contributed by atoms with Gasteiger partial charge in [0.1, 0.15) is 0 Å². The van der Waals surface area contributed by atoms with Crippen molar-refractivity contribution in [2.75, 3.05) is 0 Å². The number of rotatable bonds is 0. The summed E-state index contributed by atoms with van der Waals surface area (Å²) in [6, 6.07) is 0.289. The quantitative estimate of drug-likeness (QED) is 0.534. The molecule has 0 fully saturated rings. The molecule has 2 unspecified atom stereocenters. The minimum atomic E-state index is 0.200. The van der Waals surface area contributed by atoms with Crippen LogP contribution in [0.15, 0.2) is 24.1 Å². The van der Waals surface area contributed by atoms with Crippen molar-refractivity contribution in [3.05, 3.63) is 24.1 Å².